The Bertz CT molecular complexity index is 334. The van der Waals surface area contributed by atoms with Crippen LogP contribution < -0.4 is 5.73 Å². The van der Waals surface area contributed by atoms with Gasteiger partial charge in [-0.3, -0.25) is 0 Å². The molecule has 1 aromatic rings. The lowest BCUT2D eigenvalue weighted by molar-refractivity contribution is -0.159. The van der Waals surface area contributed by atoms with Crippen molar-refractivity contribution >= 4 is 0 Å². The topological polar surface area (TPSA) is 74.2 Å². The molecule has 0 radical (unpaired) electrons. The van der Waals surface area contributed by atoms with Crippen molar-refractivity contribution in [3.05, 3.63) is 11.7 Å². The van der Waals surface area contributed by atoms with Gasteiger partial charge in [-0.1, -0.05) is 5.16 Å². The summed E-state index contributed by atoms with van der Waals surface area (Å²) in [4.78, 5) is 3.16. The Morgan fingerprint density at radius 2 is 2.07 bits per heavy atom. The van der Waals surface area contributed by atoms with Gasteiger partial charge in [-0.2, -0.15) is 18.2 Å². The van der Waals surface area contributed by atoms with Gasteiger partial charge in [0.25, 0.3) is 0 Å². The van der Waals surface area contributed by atoms with E-state index in [0.717, 1.165) is 0 Å². The molecule has 86 valence electrons. The van der Waals surface area contributed by atoms with Gasteiger partial charge < -0.3 is 15.0 Å². The van der Waals surface area contributed by atoms with Gasteiger partial charge in [-0.15, -0.1) is 0 Å². The number of nitrogens with zero attached hydrogens (tertiary/aromatic N) is 2. The first-order chi connectivity index (χ1) is 6.77. The van der Waals surface area contributed by atoms with Crippen LogP contribution in [0.25, 0.3) is 0 Å². The summed E-state index contributed by atoms with van der Waals surface area (Å²) in [7, 11) is 1.37. The minimum absolute atomic E-state index is 0.0101. The van der Waals surface area contributed by atoms with Gasteiger partial charge in [-0.05, 0) is 6.92 Å². The zero-order valence-electron chi connectivity index (χ0n) is 8.13. The highest BCUT2D eigenvalue weighted by Crippen LogP contribution is 2.28. The third-order valence-electron chi connectivity index (χ3n) is 1.62. The molecule has 1 atom stereocenters. The lowest BCUT2D eigenvalue weighted by Crippen LogP contribution is -2.39. The van der Waals surface area contributed by atoms with Crippen molar-refractivity contribution in [1.82, 2.24) is 10.1 Å². The van der Waals surface area contributed by atoms with E-state index in [9.17, 15) is 13.2 Å². The number of rotatable bonds is 3. The average Bonchev–Trinajstić information content (AvgIpc) is 2.50. The molecule has 8 heteroatoms. The summed E-state index contributed by atoms with van der Waals surface area (Å²) < 4.78 is 45.1. The summed E-state index contributed by atoms with van der Waals surface area (Å²) >= 11 is 0. The Labute approximate surface area is 83.4 Å². The van der Waals surface area contributed by atoms with E-state index in [-0.39, 0.29) is 12.4 Å². The molecule has 0 amide bonds. The van der Waals surface area contributed by atoms with E-state index >= 15 is 0 Å². The highest BCUT2D eigenvalue weighted by molar-refractivity contribution is 5.02. The largest absolute Gasteiger partial charge is 0.471 e. The Kier molecular flexibility index (Phi) is 3.00. The summed E-state index contributed by atoms with van der Waals surface area (Å²) in [6.45, 7) is 1.44. The van der Waals surface area contributed by atoms with Gasteiger partial charge in [-0.25, -0.2) is 0 Å². The van der Waals surface area contributed by atoms with Crippen LogP contribution in [0.3, 0.4) is 0 Å². The molecule has 0 aliphatic heterocycles. The van der Waals surface area contributed by atoms with Gasteiger partial charge >= 0.3 is 12.1 Å². The first-order valence-electron chi connectivity index (χ1n) is 3.96. The molecule has 0 aliphatic rings. The molecule has 0 saturated heterocycles. The van der Waals surface area contributed by atoms with Crippen LogP contribution in [0.15, 0.2) is 4.52 Å². The molecular weight excluding hydrogens is 215 g/mol. The van der Waals surface area contributed by atoms with E-state index in [1.54, 1.807) is 0 Å². The van der Waals surface area contributed by atoms with Gasteiger partial charge in [0, 0.05) is 7.11 Å². The van der Waals surface area contributed by atoms with E-state index in [1.807, 2.05) is 0 Å². The second kappa shape index (κ2) is 3.78. The van der Waals surface area contributed by atoms with Crippen molar-refractivity contribution in [2.24, 2.45) is 5.73 Å². The van der Waals surface area contributed by atoms with Crippen LogP contribution in [0.4, 0.5) is 13.2 Å². The van der Waals surface area contributed by atoms with Gasteiger partial charge in [0.2, 0.25) is 0 Å². The first kappa shape index (κ1) is 11.9. The molecule has 0 saturated carbocycles. The minimum Gasteiger partial charge on any atom is -0.382 e. The minimum atomic E-state index is -4.66. The number of ether oxygens (including phenoxy) is 1. The zero-order valence-corrected chi connectivity index (χ0v) is 8.13. The van der Waals surface area contributed by atoms with E-state index in [2.05, 4.69) is 14.7 Å². The highest BCUT2D eigenvalue weighted by atomic mass is 19.4. The fourth-order valence-corrected chi connectivity index (χ4v) is 0.935. The third-order valence-corrected chi connectivity index (χ3v) is 1.62. The van der Waals surface area contributed by atoms with Crippen LogP contribution in [-0.4, -0.2) is 23.9 Å². The van der Waals surface area contributed by atoms with Crippen molar-refractivity contribution in [3.8, 4) is 0 Å². The fourth-order valence-electron chi connectivity index (χ4n) is 0.935. The van der Waals surface area contributed by atoms with Gasteiger partial charge in [0.05, 0.1) is 6.61 Å². The molecule has 1 heterocycles. The van der Waals surface area contributed by atoms with Crippen molar-refractivity contribution in [3.63, 3.8) is 0 Å². The number of nitrogens with two attached hydrogens (primary N) is 1. The normalized spacial score (nSPS) is 16.4. The standard InChI is InChI=1S/C7H10F3N3O2/c1-6(11,3-14-2)4-12-5(15-13-4)7(8,9)10/h3,11H2,1-2H3. The second-order valence-electron chi connectivity index (χ2n) is 3.27. The van der Waals surface area contributed by atoms with Crippen molar-refractivity contribution in [2.45, 2.75) is 18.6 Å². The maximum absolute atomic E-state index is 12.1. The van der Waals surface area contributed by atoms with Crippen LogP contribution in [0.1, 0.15) is 18.6 Å². The monoisotopic (exact) mass is 225 g/mol. The van der Waals surface area contributed by atoms with Crippen LogP contribution in [0.2, 0.25) is 0 Å². The maximum Gasteiger partial charge on any atom is 0.471 e. The molecule has 1 rings (SSSR count). The summed E-state index contributed by atoms with van der Waals surface area (Å²) in [5.41, 5.74) is 4.42. The molecule has 1 unspecified atom stereocenters. The van der Waals surface area contributed by atoms with Crippen molar-refractivity contribution < 1.29 is 22.4 Å². The Balaban J connectivity index is 2.94. The second-order valence-corrected chi connectivity index (χ2v) is 3.27. The summed E-state index contributed by atoms with van der Waals surface area (Å²) in [5, 5.41) is 3.16. The summed E-state index contributed by atoms with van der Waals surface area (Å²) in [6, 6.07) is 0. The number of hydrogen-bond acceptors (Lipinski definition) is 5. The van der Waals surface area contributed by atoms with E-state index in [0.29, 0.717) is 0 Å². The highest BCUT2D eigenvalue weighted by Gasteiger charge is 2.40. The molecule has 0 aromatic carbocycles. The SMILES string of the molecule is COCC(C)(N)c1noc(C(F)(F)F)n1. The van der Waals surface area contributed by atoms with Crippen LogP contribution in [0.5, 0.6) is 0 Å². The number of methoxy groups -OCH3 is 1. The Hall–Kier alpha value is -1.15. The molecule has 1 aromatic heterocycles. The number of alkyl halides is 3. The van der Waals surface area contributed by atoms with E-state index in [4.69, 9.17) is 10.5 Å². The molecule has 5 nitrogen and oxygen atoms in total. The number of hydrogen-bond donors (Lipinski definition) is 1. The number of aromatic nitrogens is 2. The Morgan fingerprint density at radius 3 is 2.47 bits per heavy atom. The molecule has 15 heavy (non-hydrogen) atoms. The molecule has 0 aliphatic carbocycles. The maximum atomic E-state index is 12.1. The predicted octanol–water partition coefficient (Wildman–Crippen LogP) is 0.909. The molecule has 2 N–H and O–H groups in total. The first-order valence-corrected chi connectivity index (χ1v) is 3.96. The van der Waals surface area contributed by atoms with Gasteiger partial charge in [0.1, 0.15) is 5.54 Å². The Morgan fingerprint density at radius 1 is 1.47 bits per heavy atom. The van der Waals surface area contributed by atoms with Crippen molar-refractivity contribution in [1.29, 1.82) is 0 Å². The third kappa shape index (κ3) is 2.66. The van der Waals surface area contributed by atoms with Crippen LogP contribution >= 0.6 is 0 Å². The fraction of sp³-hybridized carbons (Fsp3) is 0.714. The molecular formula is C7H10F3N3O2. The van der Waals surface area contributed by atoms with E-state index in [1.165, 1.54) is 14.0 Å². The molecule has 0 fully saturated rings. The number of halogens is 3. The lowest BCUT2D eigenvalue weighted by atomic mass is 10.1. The quantitative estimate of drug-likeness (QED) is 0.827. The smallest absolute Gasteiger partial charge is 0.382 e. The predicted molar refractivity (Wildman–Crippen MR) is 42.7 cm³/mol. The van der Waals surface area contributed by atoms with Crippen LogP contribution in [-0.2, 0) is 16.5 Å². The van der Waals surface area contributed by atoms with Crippen LogP contribution in [0, 0.1) is 0 Å². The summed E-state index contributed by atoms with van der Waals surface area (Å²) in [5.74, 6) is -1.65. The zero-order chi connectivity index (χ0) is 11.7. The average molecular weight is 225 g/mol. The molecule has 0 spiro atoms. The summed E-state index contributed by atoms with van der Waals surface area (Å²) in [6.07, 6.45) is -4.66. The van der Waals surface area contributed by atoms with Gasteiger partial charge in [0.15, 0.2) is 5.82 Å². The van der Waals surface area contributed by atoms with Crippen molar-refractivity contribution in [2.75, 3.05) is 13.7 Å². The lowest BCUT2D eigenvalue weighted by Gasteiger charge is -2.18. The van der Waals surface area contributed by atoms with E-state index < -0.39 is 17.6 Å². The molecule has 0 bridgehead atoms.